The lowest BCUT2D eigenvalue weighted by Gasteiger charge is -2.27. The van der Waals surface area contributed by atoms with E-state index in [1.165, 1.54) is 18.2 Å². The number of aryl methyl sites for hydroxylation is 2. The first kappa shape index (κ1) is 30.8. The molecule has 0 atom stereocenters. The highest BCUT2D eigenvalue weighted by Gasteiger charge is 2.32. The predicted octanol–water partition coefficient (Wildman–Crippen LogP) is 5.76. The molecule has 0 saturated carbocycles. The molecule has 9 nitrogen and oxygen atoms in total. The Morgan fingerprint density at radius 2 is 1.87 bits per heavy atom. The zero-order chi connectivity index (χ0) is 32.4. The summed E-state index contributed by atoms with van der Waals surface area (Å²) in [7, 11) is 1.82. The number of carbonyl (C=O) groups excluding carboxylic acids is 1. The van der Waals surface area contributed by atoms with Crippen molar-refractivity contribution in [2.75, 3.05) is 36.9 Å². The molecule has 5 aromatic rings. The maximum atomic E-state index is 15.1. The van der Waals surface area contributed by atoms with Gasteiger partial charge in [-0.25, -0.2) is 9.37 Å². The van der Waals surface area contributed by atoms with Gasteiger partial charge in [-0.15, -0.1) is 0 Å². The predicted molar refractivity (Wildman–Crippen MR) is 164 cm³/mol. The fourth-order valence-electron chi connectivity index (χ4n) is 5.19. The standard InChI is InChI=1S/C33H29F4N7O2/c1-21-12-29(34)28(32(45)41-25-14-22(13-24(16-25)33(35,36)37)19-43-8-10-46-11-9-43)15-23(21)5-6-27-18-38-31-30(4-3-7-44(27)31)40-26-17-39-42(2)20-26/h3-4,7,12-18,20,40H,8-11,19H2,1-2H3,(H,41,45). The second-order valence-electron chi connectivity index (χ2n) is 10.9. The number of pyridine rings is 1. The molecule has 236 valence electrons. The average molecular weight is 632 g/mol. The van der Waals surface area contributed by atoms with Crippen LogP contribution in [-0.4, -0.2) is 56.3 Å². The van der Waals surface area contributed by atoms with Crippen molar-refractivity contribution in [1.82, 2.24) is 24.1 Å². The molecule has 1 amide bonds. The quantitative estimate of drug-likeness (QED) is 0.183. The van der Waals surface area contributed by atoms with Crippen molar-refractivity contribution >= 4 is 28.6 Å². The van der Waals surface area contributed by atoms with Crippen molar-refractivity contribution in [3.63, 3.8) is 0 Å². The summed E-state index contributed by atoms with van der Waals surface area (Å²) in [5, 5.41) is 9.89. The third kappa shape index (κ3) is 6.88. The Morgan fingerprint density at radius 3 is 2.61 bits per heavy atom. The van der Waals surface area contributed by atoms with Crippen LogP contribution in [0.1, 0.15) is 38.3 Å². The minimum absolute atomic E-state index is 0.0860. The molecule has 4 heterocycles. The van der Waals surface area contributed by atoms with Gasteiger partial charge in [0.1, 0.15) is 11.5 Å². The number of hydrogen-bond acceptors (Lipinski definition) is 6. The number of fused-ring (bicyclic) bond motifs is 1. The average Bonchev–Trinajstić information content (AvgIpc) is 3.62. The molecule has 1 fully saturated rings. The number of carbonyl (C=O) groups is 1. The van der Waals surface area contributed by atoms with E-state index in [4.69, 9.17) is 4.74 Å². The Labute approximate surface area is 261 Å². The van der Waals surface area contributed by atoms with Gasteiger partial charge in [0.15, 0.2) is 5.65 Å². The summed E-state index contributed by atoms with van der Waals surface area (Å²) in [6.07, 6.45) is 2.29. The van der Waals surface area contributed by atoms with Crippen LogP contribution in [0.3, 0.4) is 0 Å². The van der Waals surface area contributed by atoms with Gasteiger partial charge in [0, 0.05) is 50.3 Å². The maximum Gasteiger partial charge on any atom is 0.416 e. The number of aromatic nitrogens is 4. The van der Waals surface area contributed by atoms with Crippen molar-refractivity contribution < 1.29 is 27.1 Å². The van der Waals surface area contributed by atoms with Crippen LogP contribution >= 0.6 is 0 Å². The highest BCUT2D eigenvalue weighted by molar-refractivity contribution is 6.04. The summed E-state index contributed by atoms with van der Waals surface area (Å²) in [5.41, 5.74) is 2.60. The lowest BCUT2D eigenvalue weighted by Crippen LogP contribution is -2.35. The van der Waals surface area contributed by atoms with E-state index in [9.17, 15) is 18.0 Å². The molecule has 0 aliphatic carbocycles. The van der Waals surface area contributed by atoms with Crippen LogP contribution in [-0.2, 0) is 24.5 Å². The SMILES string of the molecule is Cc1cc(F)c(C(=O)Nc2cc(CN3CCOCC3)cc(C(F)(F)F)c2)cc1C#Cc1cnc2c(Nc3cnn(C)c3)cccn12. The minimum atomic E-state index is -4.63. The maximum absolute atomic E-state index is 15.1. The molecule has 1 aliphatic heterocycles. The lowest BCUT2D eigenvalue weighted by atomic mass is 10.0. The van der Waals surface area contributed by atoms with E-state index in [-0.39, 0.29) is 17.8 Å². The number of hydrogen-bond donors (Lipinski definition) is 2. The highest BCUT2D eigenvalue weighted by Crippen LogP contribution is 2.33. The van der Waals surface area contributed by atoms with Gasteiger partial charge in [-0.1, -0.05) is 5.92 Å². The van der Waals surface area contributed by atoms with Gasteiger partial charge in [-0.2, -0.15) is 18.3 Å². The third-order valence-electron chi connectivity index (χ3n) is 7.49. The van der Waals surface area contributed by atoms with Crippen molar-refractivity contribution in [2.45, 2.75) is 19.6 Å². The van der Waals surface area contributed by atoms with Crippen LogP contribution in [0.4, 0.5) is 34.6 Å². The second-order valence-corrected chi connectivity index (χ2v) is 10.9. The van der Waals surface area contributed by atoms with Gasteiger partial charge >= 0.3 is 6.18 Å². The number of alkyl halides is 3. The van der Waals surface area contributed by atoms with E-state index in [2.05, 4.69) is 32.6 Å². The van der Waals surface area contributed by atoms with Crippen molar-refractivity contribution in [3.8, 4) is 11.8 Å². The summed E-state index contributed by atoms with van der Waals surface area (Å²) in [6.45, 7) is 4.04. The molecule has 0 spiro atoms. The Kier molecular flexibility index (Phi) is 8.48. The number of morpholine rings is 1. The van der Waals surface area contributed by atoms with Crippen LogP contribution in [0, 0.1) is 24.6 Å². The Hall–Kier alpha value is -5.19. The van der Waals surface area contributed by atoms with E-state index in [1.54, 1.807) is 34.6 Å². The zero-order valence-corrected chi connectivity index (χ0v) is 25.0. The Balaban J connectivity index is 1.26. The molecule has 1 saturated heterocycles. The molecule has 1 aliphatic rings. The van der Waals surface area contributed by atoms with Crippen LogP contribution in [0.25, 0.3) is 5.65 Å². The Morgan fingerprint density at radius 1 is 1.07 bits per heavy atom. The monoisotopic (exact) mass is 631 g/mol. The normalized spacial score (nSPS) is 13.8. The number of nitrogens with one attached hydrogen (secondary N) is 2. The van der Waals surface area contributed by atoms with Crippen molar-refractivity contribution in [2.24, 2.45) is 7.05 Å². The van der Waals surface area contributed by atoms with Crippen LogP contribution in [0.15, 0.2) is 67.3 Å². The molecular weight excluding hydrogens is 602 g/mol. The topological polar surface area (TPSA) is 88.7 Å². The van der Waals surface area contributed by atoms with E-state index >= 15 is 4.39 Å². The molecule has 3 aromatic heterocycles. The summed E-state index contributed by atoms with van der Waals surface area (Å²) in [6, 6.07) is 9.56. The van der Waals surface area contributed by atoms with E-state index in [0.29, 0.717) is 54.3 Å². The first-order valence-corrected chi connectivity index (χ1v) is 14.4. The van der Waals surface area contributed by atoms with Crippen molar-refractivity contribution in [3.05, 3.63) is 107 Å². The molecule has 2 aromatic carbocycles. The number of halogens is 4. The van der Waals surface area contributed by atoms with E-state index in [1.807, 2.05) is 30.3 Å². The molecular formula is C33H29F4N7O2. The van der Waals surface area contributed by atoms with Gasteiger partial charge in [0.25, 0.3) is 5.91 Å². The zero-order valence-electron chi connectivity index (χ0n) is 25.0. The van der Waals surface area contributed by atoms with E-state index in [0.717, 1.165) is 23.5 Å². The van der Waals surface area contributed by atoms with E-state index < -0.39 is 23.5 Å². The first-order valence-electron chi connectivity index (χ1n) is 14.4. The molecule has 2 N–H and O–H groups in total. The fraction of sp³-hybridized carbons (Fsp3) is 0.242. The fourth-order valence-corrected chi connectivity index (χ4v) is 5.19. The van der Waals surface area contributed by atoms with Gasteiger partial charge in [0.05, 0.1) is 48.1 Å². The first-order chi connectivity index (χ1) is 22.0. The molecule has 0 bridgehead atoms. The number of imidazole rings is 1. The number of rotatable bonds is 6. The molecule has 0 unspecified atom stereocenters. The van der Waals surface area contributed by atoms with Gasteiger partial charge in [0.2, 0.25) is 0 Å². The highest BCUT2D eigenvalue weighted by atomic mass is 19.4. The van der Waals surface area contributed by atoms with Gasteiger partial charge < -0.3 is 15.4 Å². The lowest BCUT2D eigenvalue weighted by molar-refractivity contribution is -0.137. The van der Waals surface area contributed by atoms with Crippen LogP contribution < -0.4 is 10.6 Å². The molecule has 0 radical (unpaired) electrons. The number of amides is 1. The number of anilines is 3. The number of benzene rings is 2. The molecule has 6 rings (SSSR count). The second kappa shape index (κ2) is 12.7. The van der Waals surface area contributed by atoms with Crippen LogP contribution in [0.2, 0.25) is 0 Å². The smallest absolute Gasteiger partial charge is 0.379 e. The van der Waals surface area contributed by atoms with Crippen molar-refractivity contribution in [1.29, 1.82) is 0 Å². The number of ether oxygens (including phenoxy) is 1. The van der Waals surface area contributed by atoms with Gasteiger partial charge in [-0.3, -0.25) is 18.8 Å². The van der Waals surface area contributed by atoms with Crippen LogP contribution in [0.5, 0.6) is 0 Å². The Bertz CT molecular complexity index is 1980. The molecule has 46 heavy (non-hydrogen) atoms. The third-order valence-corrected chi connectivity index (χ3v) is 7.49. The minimum Gasteiger partial charge on any atom is -0.379 e. The van der Waals surface area contributed by atoms with Gasteiger partial charge in [-0.05, 0) is 66.4 Å². The number of nitrogens with zero attached hydrogens (tertiary/aromatic N) is 5. The largest absolute Gasteiger partial charge is 0.416 e. The summed E-state index contributed by atoms with van der Waals surface area (Å²) in [4.78, 5) is 19.7. The molecule has 13 heteroatoms. The summed E-state index contributed by atoms with van der Waals surface area (Å²) < 4.78 is 65.0. The summed E-state index contributed by atoms with van der Waals surface area (Å²) in [5.74, 6) is 4.33. The summed E-state index contributed by atoms with van der Waals surface area (Å²) >= 11 is 0.